The summed E-state index contributed by atoms with van der Waals surface area (Å²) in [6.45, 7) is 0.647. The van der Waals surface area contributed by atoms with Crippen LogP contribution >= 0.6 is 11.6 Å². The van der Waals surface area contributed by atoms with Crippen LogP contribution in [0.2, 0.25) is 5.02 Å². The van der Waals surface area contributed by atoms with Crippen LogP contribution in [-0.2, 0) is 22.7 Å². The van der Waals surface area contributed by atoms with Gasteiger partial charge >= 0.3 is 6.09 Å². The molecule has 1 aromatic heterocycles. The van der Waals surface area contributed by atoms with Crippen molar-refractivity contribution < 1.29 is 27.9 Å². The molecule has 1 saturated heterocycles. The van der Waals surface area contributed by atoms with Gasteiger partial charge in [-0.25, -0.2) is 13.6 Å². The Morgan fingerprint density at radius 3 is 2.71 bits per heavy atom. The zero-order chi connectivity index (χ0) is 25.3. The number of amides is 3. The van der Waals surface area contributed by atoms with Crippen LogP contribution in [0.3, 0.4) is 0 Å². The first-order valence-corrected chi connectivity index (χ1v) is 11.2. The lowest BCUT2D eigenvalue weighted by atomic mass is 10.0. The molecule has 3 N–H and O–H groups in total. The van der Waals surface area contributed by atoms with E-state index >= 15 is 0 Å². The maximum absolute atomic E-state index is 14.9. The van der Waals surface area contributed by atoms with Crippen molar-refractivity contribution >= 4 is 40.4 Å². The predicted molar refractivity (Wildman–Crippen MR) is 125 cm³/mol. The third kappa shape index (κ3) is 5.22. The molecule has 3 aromatic rings. The second-order valence-electron chi connectivity index (χ2n) is 8.65. The average molecular weight is 505 g/mol. The third-order valence-corrected chi connectivity index (χ3v) is 6.16. The Hall–Kier alpha value is -3.66. The second kappa shape index (κ2) is 9.53. The summed E-state index contributed by atoms with van der Waals surface area (Å²) in [5.74, 6) is -1.59. The van der Waals surface area contributed by atoms with Gasteiger partial charge in [-0.15, -0.1) is 0 Å². The smallest absolute Gasteiger partial charge is 0.408 e. The number of ether oxygens (including phenoxy) is 1. The topological polar surface area (TPSA) is 107 Å². The maximum Gasteiger partial charge on any atom is 0.410 e. The van der Waals surface area contributed by atoms with Gasteiger partial charge in [-0.1, -0.05) is 35.9 Å². The van der Waals surface area contributed by atoms with Gasteiger partial charge in [-0.3, -0.25) is 9.59 Å². The molecule has 2 aromatic carbocycles. The Labute approximate surface area is 204 Å². The molecule has 0 saturated carbocycles. The van der Waals surface area contributed by atoms with Gasteiger partial charge in [-0.2, -0.15) is 0 Å². The number of halogens is 3. The number of carbonyl (C=O) groups is 3. The minimum Gasteiger partial charge on any atom is -0.408 e. The summed E-state index contributed by atoms with van der Waals surface area (Å²) in [6, 6.07) is 10.2. The zero-order valence-corrected chi connectivity index (χ0v) is 19.5. The van der Waals surface area contributed by atoms with Crippen molar-refractivity contribution in [2.75, 3.05) is 6.54 Å². The van der Waals surface area contributed by atoms with Gasteiger partial charge in [0, 0.05) is 30.1 Å². The first kappa shape index (κ1) is 24.5. The van der Waals surface area contributed by atoms with Gasteiger partial charge in [0.2, 0.25) is 11.8 Å². The van der Waals surface area contributed by atoms with Crippen LogP contribution in [0, 0.1) is 5.82 Å². The molecule has 4 rings (SSSR count). The van der Waals surface area contributed by atoms with Crippen molar-refractivity contribution in [3.63, 3.8) is 0 Å². The van der Waals surface area contributed by atoms with Crippen LogP contribution in [0.1, 0.15) is 18.9 Å². The molecule has 1 aliphatic rings. The van der Waals surface area contributed by atoms with E-state index in [9.17, 15) is 23.2 Å². The molecule has 35 heavy (non-hydrogen) atoms. The van der Waals surface area contributed by atoms with E-state index in [-0.39, 0.29) is 42.4 Å². The molecule has 0 aliphatic carbocycles. The molecule has 0 spiro atoms. The largest absolute Gasteiger partial charge is 0.410 e. The van der Waals surface area contributed by atoms with Crippen LogP contribution in [0.25, 0.3) is 10.9 Å². The summed E-state index contributed by atoms with van der Waals surface area (Å²) in [5, 5.41) is 3.06. The van der Waals surface area contributed by atoms with E-state index in [0.29, 0.717) is 10.9 Å². The molecule has 1 aliphatic heterocycles. The lowest BCUT2D eigenvalue weighted by Gasteiger charge is -2.24. The number of alkyl halides is 1. The van der Waals surface area contributed by atoms with E-state index in [1.54, 1.807) is 34.9 Å². The van der Waals surface area contributed by atoms with E-state index < -0.39 is 35.4 Å². The highest BCUT2D eigenvalue weighted by Gasteiger charge is 2.46. The van der Waals surface area contributed by atoms with Crippen molar-refractivity contribution in [2.45, 2.75) is 38.1 Å². The molecule has 3 amide bonds. The molecule has 2 atom stereocenters. The number of nitrogens with zero attached hydrogens (tertiary/aromatic N) is 2. The minimum absolute atomic E-state index is 0.0793. The molecular weight excluding hydrogens is 482 g/mol. The number of aromatic nitrogens is 1. The molecule has 11 heteroatoms. The summed E-state index contributed by atoms with van der Waals surface area (Å²) >= 11 is 5.78. The third-order valence-electron chi connectivity index (χ3n) is 5.87. The van der Waals surface area contributed by atoms with E-state index in [4.69, 9.17) is 22.1 Å². The molecule has 0 bridgehead atoms. The highest BCUT2D eigenvalue weighted by molar-refractivity contribution is 6.30. The highest BCUT2D eigenvalue weighted by Crippen LogP contribution is 2.32. The number of fused-ring (bicyclic) bond motifs is 1. The number of rotatable bonds is 6. The average Bonchev–Trinajstić information content (AvgIpc) is 3.31. The SMILES string of the molecule is C[C@@]1(F)C[C@@H](C(=O)NCc2cccc(Cl)c2F)N(C(=O)Cn2cc(OC(N)=O)c3ccccc32)C1. The van der Waals surface area contributed by atoms with Crippen molar-refractivity contribution in [1.82, 2.24) is 14.8 Å². The normalized spacial score (nSPS) is 19.7. The fourth-order valence-corrected chi connectivity index (χ4v) is 4.49. The molecular formula is C24H23ClF2N4O4. The van der Waals surface area contributed by atoms with Crippen LogP contribution in [0.5, 0.6) is 5.75 Å². The second-order valence-corrected chi connectivity index (χ2v) is 9.05. The van der Waals surface area contributed by atoms with Crippen LogP contribution in [-0.4, -0.2) is 45.6 Å². The van der Waals surface area contributed by atoms with E-state index in [1.807, 2.05) is 0 Å². The number of nitrogens with one attached hydrogen (secondary N) is 1. The van der Waals surface area contributed by atoms with E-state index in [1.165, 1.54) is 30.2 Å². The van der Waals surface area contributed by atoms with Gasteiger partial charge in [0.05, 0.1) is 17.1 Å². The summed E-state index contributed by atoms with van der Waals surface area (Å²) in [5.41, 5.74) is 4.12. The summed E-state index contributed by atoms with van der Waals surface area (Å²) in [6.07, 6.45) is 0.250. The highest BCUT2D eigenvalue weighted by atomic mass is 35.5. The van der Waals surface area contributed by atoms with Gasteiger partial charge < -0.3 is 25.3 Å². The van der Waals surface area contributed by atoms with Gasteiger partial charge in [0.25, 0.3) is 0 Å². The Morgan fingerprint density at radius 2 is 1.97 bits per heavy atom. The quantitative estimate of drug-likeness (QED) is 0.535. The van der Waals surface area contributed by atoms with Crippen molar-refractivity contribution in [1.29, 1.82) is 0 Å². The molecule has 1 fully saturated rings. The fraction of sp³-hybridized carbons (Fsp3) is 0.292. The van der Waals surface area contributed by atoms with E-state index in [0.717, 1.165) is 0 Å². The van der Waals surface area contributed by atoms with E-state index in [2.05, 4.69) is 5.32 Å². The number of hydrogen-bond donors (Lipinski definition) is 2. The molecule has 2 heterocycles. The number of hydrogen-bond acceptors (Lipinski definition) is 4. The Balaban J connectivity index is 1.53. The standard InChI is InChI=1S/C24H23ClF2N4O4/c1-24(27)9-18(22(33)29-10-14-5-4-7-16(25)21(14)26)31(13-24)20(32)12-30-11-19(35-23(28)34)15-6-2-3-8-17(15)30/h2-8,11,18H,9-10,12-13H2,1H3,(H2,28,34)(H,29,33)/t18-,24+/m0/s1. The van der Waals surface area contributed by atoms with Crippen molar-refractivity contribution in [3.05, 3.63) is 65.1 Å². The summed E-state index contributed by atoms with van der Waals surface area (Å²) in [7, 11) is 0. The zero-order valence-electron chi connectivity index (χ0n) is 18.8. The number of benzene rings is 2. The lowest BCUT2D eigenvalue weighted by molar-refractivity contribution is -0.139. The first-order chi connectivity index (χ1) is 16.6. The molecule has 0 radical (unpaired) electrons. The lowest BCUT2D eigenvalue weighted by Crippen LogP contribution is -2.46. The number of primary amides is 1. The van der Waals surface area contributed by atoms with Gasteiger partial charge in [-0.05, 0) is 25.1 Å². The van der Waals surface area contributed by atoms with Crippen molar-refractivity contribution in [3.8, 4) is 5.75 Å². The number of carbonyl (C=O) groups excluding carboxylic acids is 3. The Morgan fingerprint density at radius 1 is 1.23 bits per heavy atom. The molecule has 8 nitrogen and oxygen atoms in total. The molecule has 0 unspecified atom stereocenters. The Kier molecular flexibility index (Phi) is 6.66. The van der Waals surface area contributed by atoms with Crippen LogP contribution < -0.4 is 15.8 Å². The maximum atomic E-state index is 14.9. The molecule has 184 valence electrons. The van der Waals surface area contributed by atoms with Gasteiger partial charge in [0.15, 0.2) is 5.75 Å². The Bertz CT molecular complexity index is 1310. The van der Waals surface area contributed by atoms with Gasteiger partial charge in [0.1, 0.15) is 24.1 Å². The fourth-order valence-electron chi connectivity index (χ4n) is 4.29. The summed E-state index contributed by atoms with van der Waals surface area (Å²) in [4.78, 5) is 38.5. The number of para-hydroxylation sites is 1. The predicted octanol–water partition coefficient (Wildman–Crippen LogP) is 3.54. The van der Waals surface area contributed by atoms with Crippen molar-refractivity contribution in [2.24, 2.45) is 5.73 Å². The number of likely N-dealkylation sites (tertiary alicyclic amines) is 1. The first-order valence-electron chi connectivity index (χ1n) is 10.8. The number of nitrogens with two attached hydrogens (primary N) is 1. The minimum atomic E-state index is -1.78. The van der Waals surface area contributed by atoms with Crippen LogP contribution in [0.15, 0.2) is 48.7 Å². The van der Waals surface area contributed by atoms with Crippen LogP contribution in [0.4, 0.5) is 13.6 Å². The monoisotopic (exact) mass is 504 g/mol. The summed E-state index contributed by atoms with van der Waals surface area (Å²) < 4.78 is 35.7.